The van der Waals surface area contributed by atoms with Crippen LogP contribution in [0.15, 0.2) is 12.3 Å². The van der Waals surface area contributed by atoms with Gasteiger partial charge in [0.15, 0.2) is 12.4 Å². The van der Waals surface area contributed by atoms with Crippen LogP contribution in [-0.4, -0.2) is 24.9 Å². The molecular formula is C8H7F3INO2. The molecule has 3 nitrogen and oxygen atoms in total. The van der Waals surface area contributed by atoms with Crippen molar-refractivity contribution >= 4 is 22.6 Å². The van der Waals surface area contributed by atoms with Gasteiger partial charge in [-0.25, -0.2) is 4.98 Å². The van der Waals surface area contributed by atoms with E-state index in [1.807, 2.05) is 22.6 Å². The average molecular weight is 333 g/mol. The van der Waals surface area contributed by atoms with Crippen molar-refractivity contribution in [1.29, 1.82) is 0 Å². The number of nitrogens with zero attached hydrogens (tertiary/aromatic N) is 1. The number of hydrogen-bond acceptors (Lipinski definition) is 3. The van der Waals surface area contributed by atoms with Crippen molar-refractivity contribution in [3.8, 4) is 11.6 Å². The van der Waals surface area contributed by atoms with Crippen molar-refractivity contribution in [2.45, 2.75) is 6.18 Å². The number of aromatic nitrogens is 1. The molecule has 84 valence electrons. The quantitative estimate of drug-likeness (QED) is 0.797. The molecular weight excluding hydrogens is 326 g/mol. The highest BCUT2D eigenvalue weighted by molar-refractivity contribution is 14.1. The number of pyridine rings is 1. The molecule has 0 aliphatic carbocycles. The summed E-state index contributed by atoms with van der Waals surface area (Å²) in [7, 11) is 1.43. The normalized spacial score (nSPS) is 11.3. The highest BCUT2D eigenvalue weighted by atomic mass is 127. The Kier molecular flexibility index (Phi) is 4.00. The van der Waals surface area contributed by atoms with Crippen molar-refractivity contribution in [3.05, 3.63) is 15.8 Å². The summed E-state index contributed by atoms with van der Waals surface area (Å²) in [5, 5.41) is 0. The zero-order valence-electron chi connectivity index (χ0n) is 7.64. The Hall–Kier alpha value is -0.730. The first-order chi connectivity index (χ1) is 6.92. The molecule has 0 bridgehead atoms. The molecule has 1 aromatic rings. The Morgan fingerprint density at radius 3 is 2.60 bits per heavy atom. The standard InChI is InChI=1S/C8H7F3INO2/c1-14-7-2-5(12)6(3-13-7)15-4-8(9,10)11/h2-3H,4H2,1H3. The fourth-order valence-electron chi connectivity index (χ4n) is 0.778. The molecule has 0 atom stereocenters. The minimum absolute atomic E-state index is 0.0914. The monoisotopic (exact) mass is 333 g/mol. The van der Waals surface area contributed by atoms with Crippen LogP contribution in [0, 0.1) is 3.57 Å². The highest BCUT2D eigenvalue weighted by Crippen LogP contribution is 2.25. The Balaban J connectivity index is 2.70. The largest absolute Gasteiger partial charge is 0.481 e. The van der Waals surface area contributed by atoms with Gasteiger partial charge in [-0.15, -0.1) is 0 Å². The van der Waals surface area contributed by atoms with Crippen LogP contribution in [0.25, 0.3) is 0 Å². The molecule has 1 heterocycles. The smallest absolute Gasteiger partial charge is 0.422 e. The minimum Gasteiger partial charge on any atom is -0.481 e. The first-order valence-corrected chi connectivity index (χ1v) is 4.89. The zero-order chi connectivity index (χ0) is 11.5. The molecule has 7 heteroatoms. The number of hydrogen-bond donors (Lipinski definition) is 0. The summed E-state index contributed by atoms with van der Waals surface area (Å²) in [6, 6.07) is 1.49. The van der Waals surface area contributed by atoms with E-state index in [2.05, 4.69) is 9.72 Å². The van der Waals surface area contributed by atoms with Gasteiger partial charge < -0.3 is 9.47 Å². The van der Waals surface area contributed by atoms with Gasteiger partial charge in [0.1, 0.15) is 0 Å². The Labute approximate surface area is 97.7 Å². The maximum Gasteiger partial charge on any atom is 0.422 e. The van der Waals surface area contributed by atoms with Crippen LogP contribution in [0.3, 0.4) is 0 Å². The van der Waals surface area contributed by atoms with Gasteiger partial charge in [-0.1, -0.05) is 0 Å². The van der Waals surface area contributed by atoms with Gasteiger partial charge in [-0.2, -0.15) is 13.2 Å². The molecule has 0 aliphatic rings. The van der Waals surface area contributed by atoms with Crippen molar-refractivity contribution in [2.75, 3.05) is 13.7 Å². The Morgan fingerprint density at radius 1 is 1.47 bits per heavy atom. The predicted molar refractivity (Wildman–Crippen MR) is 55.1 cm³/mol. The maximum atomic E-state index is 11.8. The predicted octanol–water partition coefficient (Wildman–Crippen LogP) is 2.64. The van der Waals surface area contributed by atoms with Crippen LogP contribution >= 0.6 is 22.6 Å². The molecule has 0 unspecified atom stereocenters. The number of methoxy groups -OCH3 is 1. The zero-order valence-corrected chi connectivity index (χ0v) is 9.79. The lowest BCUT2D eigenvalue weighted by Crippen LogP contribution is -2.19. The van der Waals surface area contributed by atoms with Gasteiger partial charge in [-0.05, 0) is 22.6 Å². The van der Waals surface area contributed by atoms with Crippen LogP contribution in [0.5, 0.6) is 11.6 Å². The van der Waals surface area contributed by atoms with Crippen LogP contribution in [-0.2, 0) is 0 Å². The van der Waals surface area contributed by atoms with Crippen LogP contribution in [0.2, 0.25) is 0 Å². The van der Waals surface area contributed by atoms with Gasteiger partial charge >= 0.3 is 6.18 Å². The van der Waals surface area contributed by atoms with E-state index in [4.69, 9.17) is 4.74 Å². The van der Waals surface area contributed by atoms with Gasteiger partial charge in [0, 0.05) is 6.07 Å². The van der Waals surface area contributed by atoms with E-state index in [0.29, 0.717) is 9.45 Å². The second-order valence-electron chi connectivity index (χ2n) is 2.56. The van der Waals surface area contributed by atoms with Crippen molar-refractivity contribution in [3.63, 3.8) is 0 Å². The first-order valence-electron chi connectivity index (χ1n) is 3.81. The second-order valence-corrected chi connectivity index (χ2v) is 3.72. The first kappa shape index (κ1) is 12.3. The third-order valence-electron chi connectivity index (χ3n) is 1.40. The number of ether oxygens (including phenoxy) is 2. The van der Waals surface area contributed by atoms with Crippen molar-refractivity contribution in [2.24, 2.45) is 0 Å². The van der Waals surface area contributed by atoms with Gasteiger partial charge in [0.2, 0.25) is 5.88 Å². The van der Waals surface area contributed by atoms with Crippen molar-refractivity contribution in [1.82, 2.24) is 4.98 Å². The molecule has 0 saturated heterocycles. The molecule has 0 fully saturated rings. The third kappa shape index (κ3) is 4.10. The van der Waals surface area contributed by atoms with E-state index in [9.17, 15) is 13.2 Å². The maximum absolute atomic E-state index is 11.8. The topological polar surface area (TPSA) is 31.4 Å². The van der Waals surface area contributed by atoms with E-state index < -0.39 is 12.8 Å². The summed E-state index contributed by atoms with van der Waals surface area (Å²) in [5.41, 5.74) is 0. The molecule has 0 aliphatic heterocycles. The molecule has 1 rings (SSSR count). The van der Waals surface area contributed by atoms with Crippen LogP contribution in [0.4, 0.5) is 13.2 Å². The summed E-state index contributed by atoms with van der Waals surface area (Å²) < 4.78 is 45.4. The molecule has 0 aromatic carbocycles. The van der Waals surface area contributed by atoms with E-state index in [1.54, 1.807) is 0 Å². The Bertz CT molecular complexity index is 343. The SMILES string of the molecule is COc1cc(I)c(OCC(F)(F)F)cn1. The Morgan fingerprint density at radius 2 is 2.13 bits per heavy atom. The molecule has 0 radical (unpaired) electrons. The molecule has 0 saturated carbocycles. The van der Waals surface area contributed by atoms with Gasteiger partial charge in [-0.3, -0.25) is 0 Å². The highest BCUT2D eigenvalue weighted by Gasteiger charge is 2.28. The molecule has 0 N–H and O–H groups in total. The summed E-state index contributed by atoms with van der Waals surface area (Å²) in [6.07, 6.45) is -3.14. The summed E-state index contributed by atoms with van der Waals surface area (Å²) in [6.45, 7) is -1.32. The third-order valence-corrected chi connectivity index (χ3v) is 2.24. The second kappa shape index (κ2) is 4.86. The van der Waals surface area contributed by atoms with Crippen LogP contribution < -0.4 is 9.47 Å². The van der Waals surface area contributed by atoms with Crippen LogP contribution in [0.1, 0.15) is 0 Å². The molecule has 15 heavy (non-hydrogen) atoms. The van der Waals surface area contributed by atoms with E-state index in [0.717, 1.165) is 0 Å². The molecule has 1 aromatic heterocycles. The van der Waals surface area contributed by atoms with Gasteiger partial charge in [0.25, 0.3) is 0 Å². The van der Waals surface area contributed by atoms with Gasteiger partial charge in [0.05, 0.1) is 16.9 Å². The van der Waals surface area contributed by atoms with E-state index in [-0.39, 0.29) is 5.75 Å². The summed E-state index contributed by atoms with van der Waals surface area (Å²) in [4.78, 5) is 3.74. The lowest BCUT2D eigenvalue weighted by atomic mass is 10.4. The number of rotatable bonds is 3. The summed E-state index contributed by atoms with van der Waals surface area (Å²) in [5.74, 6) is 0.424. The van der Waals surface area contributed by atoms with Crippen molar-refractivity contribution < 1.29 is 22.6 Å². The average Bonchev–Trinajstić information content (AvgIpc) is 2.14. The molecule has 0 amide bonds. The van der Waals surface area contributed by atoms with E-state index in [1.165, 1.54) is 19.4 Å². The lowest BCUT2D eigenvalue weighted by Gasteiger charge is -2.10. The fraction of sp³-hybridized carbons (Fsp3) is 0.375. The lowest BCUT2D eigenvalue weighted by molar-refractivity contribution is -0.153. The minimum atomic E-state index is -4.34. The summed E-state index contributed by atoms with van der Waals surface area (Å²) >= 11 is 1.85. The fourth-order valence-corrected chi connectivity index (χ4v) is 1.34. The van der Waals surface area contributed by atoms with E-state index >= 15 is 0 Å². The number of halogens is 4. The molecule has 0 spiro atoms. The number of alkyl halides is 3.